The maximum Gasteiger partial charge on any atom is 0.321 e. The molecule has 30 heavy (non-hydrogen) atoms. The number of carbonyl (C=O) groups is 1. The molecule has 0 unspecified atom stereocenters. The summed E-state index contributed by atoms with van der Waals surface area (Å²) in [5, 5.41) is 6.61. The Hall–Kier alpha value is -2.49. The number of aromatic nitrogens is 2. The van der Waals surface area contributed by atoms with Crippen molar-refractivity contribution in [3.05, 3.63) is 41.2 Å². The number of likely N-dealkylation sites (tertiary alicyclic amines) is 1. The molecule has 7 nitrogen and oxygen atoms in total. The van der Waals surface area contributed by atoms with Gasteiger partial charge in [-0.25, -0.2) is 19.2 Å². The molecule has 10 heteroatoms. The number of piperidine rings is 1. The van der Waals surface area contributed by atoms with E-state index in [9.17, 15) is 9.18 Å². The van der Waals surface area contributed by atoms with Gasteiger partial charge < -0.3 is 15.1 Å². The van der Waals surface area contributed by atoms with E-state index in [0.717, 1.165) is 25.9 Å². The fourth-order valence-electron chi connectivity index (χ4n) is 3.40. The van der Waals surface area contributed by atoms with Crippen LogP contribution in [0.3, 0.4) is 0 Å². The molecule has 0 spiro atoms. The Morgan fingerprint density at radius 3 is 2.77 bits per heavy atom. The lowest BCUT2D eigenvalue weighted by Crippen LogP contribution is -2.44. The van der Waals surface area contributed by atoms with Crippen LogP contribution in [0.5, 0.6) is 0 Å². The molecule has 2 aromatic heterocycles. The maximum atomic E-state index is 14.2. The van der Waals surface area contributed by atoms with Gasteiger partial charge >= 0.3 is 6.03 Å². The first-order valence-corrected chi connectivity index (χ1v) is 10.8. The predicted molar refractivity (Wildman–Crippen MR) is 120 cm³/mol. The summed E-state index contributed by atoms with van der Waals surface area (Å²) < 4.78 is 14.2. The van der Waals surface area contributed by atoms with Crippen LogP contribution in [0, 0.1) is 5.82 Å². The lowest BCUT2D eigenvalue weighted by atomic mass is 10.1. The van der Waals surface area contributed by atoms with Crippen molar-refractivity contribution >= 4 is 56.0 Å². The molecular formula is C20H22ClFN6OS. The first-order valence-electron chi connectivity index (χ1n) is 9.61. The van der Waals surface area contributed by atoms with E-state index in [2.05, 4.69) is 32.5 Å². The number of hydrogen-bond acceptors (Lipinski definition) is 6. The summed E-state index contributed by atoms with van der Waals surface area (Å²) in [5.74, 6) is 0.138. The van der Waals surface area contributed by atoms with Crippen LogP contribution < -0.4 is 15.5 Å². The number of halogens is 2. The van der Waals surface area contributed by atoms with Gasteiger partial charge in [-0.2, -0.15) is 0 Å². The average molecular weight is 449 g/mol. The van der Waals surface area contributed by atoms with Gasteiger partial charge in [0.25, 0.3) is 0 Å². The van der Waals surface area contributed by atoms with Crippen LogP contribution in [0.1, 0.15) is 12.8 Å². The maximum absolute atomic E-state index is 14.2. The number of urea groups is 1. The number of nitrogens with one attached hydrogen (secondary N) is 2. The first-order chi connectivity index (χ1) is 14.4. The molecule has 3 heterocycles. The van der Waals surface area contributed by atoms with Crippen molar-refractivity contribution in [1.82, 2.24) is 20.2 Å². The molecule has 0 aliphatic carbocycles. The Morgan fingerprint density at radius 1 is 1.27 bits per heavy atom. The average Bonchev–Trinajstić information content (AvgIpc) is 3.10. The summed E-state index contributed by atoms with van der Waals surface area (Å²) in [7, 11) is 3.81. The van der Waals surface area contributed by atoms with Crippen LogP contribution >= 0.6 is 22.9 Å². The van der Waals surface area contributed by atoms with Gasteiger partial charge in [0.2, 0.25) is 0 Å². The van der Waals surface area contributed by atoms with E-state index in [1.54, 1.807) is 36.2 Å². The summed E-state index contributed by atoms with van der Waals surface area (Å²) in [5.41, 5.74) is 1.04. The molecule has 0 bridgehead atoms. The number of rotatable bonds is 4. The largest absolute Gasteiger partial charge is 0.335 e. The summed E-state index contributed by atoms with van der Waals surface area (Å²) in [6, 6.07) is 7.98. The summed E-state index contributed by atoms with van der Waals surface area (Å²) >= 11 is 7.11. The molecule has 0 radical (unpaired) electrons. The molecule has 2 N–H and O–H groups in total. The van der Waals surface area contributed by atoms with Gasteiger partial charge in [0.1, 0.15) is 22.0 Å². The molecule has 1 fully saturated rings. The van der Waals surface area contributed by atoms with Crippen LogP contribution in [0.4, 0.5) is 25.8 Å². The Bertz CT molecular complexity index is 1070. The van der Waals surface area contributed by atoms with Crippen LogP contribution in [0.25, 0.3) is 10.3 Å². The molecule has 3 aromatic rings. The molecule has 2 amide bonds. The topological polar surface area (TPSA) is 73.4 Å². The van der Waals surface area contributed by atoms with Gasteiger partial charge in [0.15, 0.2) is 5.13 Å². The molecule has 1 saturated heterocycles. The van der Waals surface area contributed by atoms with E-state index < -0.39 is 5.82 Å². The van der Waals surface area contributed by atoms with Crippen molar-refractivity contribution < 1.29 is 9.18 Å². The lowest BCUT2D eigenvalue weighted by molar-refractivity contribution is 0.221. The smallest absolute Gasteiger partial charge is 0.321 e. The van der Waals surface area contributed by atoms with E-state index in [1.807, 2.05) is 0 Å². The minimum absolute atomic E-state index is 0.170. The summed E-state index contributed by atoms with van der Waals surface area (Å²) in [6.45, 7) is 1.95. The van der Waals surface area contributed by atoms with Crippen LogP contribution in [-0.4, -0.2) is 54.1 Å². The monoisotopic (exact) mass is 448 g/mol. The van der Waals surface area contributed by atoms with Crippen molar-refractivity contribution in [3.63, 3.8) is 0 Å². The summed E-state index contributed by atoms with van der Waals surface area (Å²) in [6.07, 6.45) is 1.87. The van der Waals surface area contributed by atoms with Gasteiger partial charge in [0.05, 0.1) is 5.69 Å². The second kappa shape index (κ2) is 8.71. The molecule has 1 aliphatic rings. The highest BCUT2D eigenvalue weighted by Crippen LogP contribution is 2.31. The Labute approximate surface area is 182 Å². The quantitative estimate of drug-likeness (QED) is 0.616. The Morgan fingerprint density at radius 2 is 2.03 bits per heavy atom. The molecular weight excluding hydrogens is 427 g/mol. The highest BCUT2D eigenvalue weighted by Gasteiger charge is 2.19. The van der Waals surface area contributed by atoms with Gasteiger partial charge in [0, 0.05) is 18.1 Å². The third kappa shape index (κ3) is 4.63. The van der Waals surface area contributed by atoms with Gasteiger partial charge in [-0.1, -0.05) is 22.9 Å². The number of fused-ring (bicyclic) bond motifs is 1. The molecule has 158 valence electrons. The minimum Gasteiger partial charge on any atom is -0.335 e. The zero-order valence-corrected chi connectivity index (χ0v) is 18.2. The van der Waals surface area contributed by atoms with Gasteiger partial charge in [-0.15, -0.1) is 0 Å². The summed E-state index contributed by atoms with van der Waals surface area (Å²) in [4.78, 5) is 25.9. The van der Waals surface area contributed by atoms with E-state index in [1.165, 1.54) is 17.4 Å². The SMILES string of the molecule is CN1CCC(NC(=O)Nc2nc3ccc(N(C)c4ccc(Cl)cc4F)nc3s2)CC1. The lowest BCUT2D eigenvalue weighted by Gasteiger charge is -2.29. The molecule has 1 aliphatic heterocycles. The number of amides is 2. The Balaban J connectivity index is 1.46. The van der Waals surface area contributed by atoms with Crippen molar-refractivity contribution in [2.75, 3.05) is 37.4 Å². The van der Waals surface area contributed by atoms with E-state index in [4.69, 9.17) is 11.6 Å². The zero-order valence-electron chi connectivity index (χ0n) is 16.7. The highest BCUT2D eigenvalue weighted by atomic mass is 35.5. The van der Waals surface area contributed by atoms with Crippen molar-refractivity contribution in [2.45, 2.75) is 18.9 Å². The fraction of sp³-hybridized carbons (Fsp3) is 0.350. The molecule has 4 rings (SSSR count). The number of thiazole rings is 1. The van der Waals surface area contributed by atoms with E-state index >= 15 is 0 Å². The van der Waals surface area contributed by atoms with Crippen LogP contribution in [-0.2, 0) is 0 Å². The predicted octanol–water partition coefficient (Wildman–Crippen LogP) is 4.47. The second-order valence-electron chi connectivity index (χ2n) is 7.34. The second-order valence-corrected chi connectivity index (χ2v) is 8.76. The van der Waals surface area contributed by atoms with E-state index in [0.29, 0.717) is 32.0 Å². The zero-order chi connectivity index (χ0) is 21.3. The van der Waals surface area contributed by atoms with Crippen LogP contribution in [0.2, 0.25) is 5.02 Å². The fourth-order valence-corrected chi connectivity index (χ4v) is 4.38. The Kier molecular flexibility index (Phi) is 6.03. The third-order valence-electron chi connectivity index (χ3n) is 5.13. The number of hydrogen-bond donors (Lipinski definition) is 2. The third-order valence-corrected chi connectivity index (χ3v) is 6.25. The number of pyridine rings is 1. The molecule has 1 aromatic carbocycles. The number of nitrogens with zero attached hydrogens (tertiary/aromatic N) is 4. The van der Waals surface area contributed by atoms with Crippen LogP contribution in [0.15, 0.2) is 30.3 Å². The normalized spacial score (nSPS) is 15.3. The van der Waals surface area contributed by atoms with Crippen molar-refractivity contribution in [2.24, 2.45) is 0 Å². The minimum atomic E-state index is -0.427. The standard InChI is InChI=1S/C20H22ClFN6OS/c1-27-9-7-13(8-10-27)23-19(29)26-20-24-15-4-6-17(25-18(15)30-20)28(2)16-5-3-12(21)11-14(16)22/h3-6,11,13H,7-10H2,1-2H3,(H2,23,24,26,29). The first kappa shape index (κ1) is 20.8. The van der Waals surface area contributed by atoms with Crippen molar-refractivity contribution in [1.29, 1.82) is 0 Å². The van der Waals surface area contributed by atoms with Crippen molar-refractivity contribution in [3.8, 4) is 0 Å². The van der Waals surface area contributed by atoms with E-state index in [-0.39, 0.29) is 12.1 Å². The molecule has 0 atom stereocenters. The number of carbonyl (C=O) groups excluding carboxylic acids is 1. The molecule has 0 saturated carbocycles. The number of anilines is 3. The highest BCUT2D eigenvalue weighted by molar-refractivity contribution is 7.22. The number of benzene rings is 1. The van der Waals surface area contributed by atoms with Gasteiger partial charge in [-0.05, 0) is 63.3 Å². The van der Waals surface area contributed by atoms with Gasteiger partial charge in [-0.3, -0.25) is 5.32 Å².